The first-order chi connectivity index (χ1) is 8.66. The molecule has 2 rings (SSSR count). The van der Waals surface area contributed by atoms with Gasteiger partial charge in [0.15, 0.2) is 0 Å². The molecule has 0 radical (unpaired) electrons. The second-order valence-electron chi connectivity index (χ2n) is 4.33. The Morgan fingerprint density at radius 1 is 1.28 bits per heavy atom. The number of rotatable bonds is 4. The molecule has 0 saturated heterocycles. The summed E-state index contributed by atoms with van der Waals surface area (Å²) >= 11 is 0. The number of hydrogen-bond acceptors (Lipinski definition) is 3. The lowest BCUT2D eigenvalue weighted by Gasteiger charge is -2.33. The average Bonchev–Trinajstić information content (AvgIpc) is 2.32. The lowest BCUT2D eigenvalue weighted by Crippen LogP contribution is -2.50. The summed E-state index contributed by atoms with van der Waals surface area (Å²) in [6.45, 7) is 0.192. The number of aliphatic carboxylic acids is 1. The maximum atomic E-state index is 11.5. The largest absolute Gasteiger partial charge is 0.481 e. The van der Waals surface area contributed by atoms with Crippen molar-refractivity contribution in [3.63, 3.8) is 0 Å². The van der Waals surface area contributed by atoms with Gasteiger partial charge in [0.25, 0.3) is 0 Å². The number of benzene rings is 1. The molecule has 1 aromatic rings. The van der Waals surface area contributed by atoms with Crippen LogP contribution in [0.5, 0.6) is 0 Å². The molecule has 5 heteroatoms. The number of carbonyl (C=O) groups excluding carboxylic acids is 1. The van der Waals surface area contributed by atoms with Crippen molar-refractivity contribution in [3.8, 4) is 0 Å². The van der Waals surface area contributed by atoms with Gasteiger partial charge in [-0.3, -0.25) is 4.79 Å². The van der Waals surface area contributed by atoms with Gasteiger partial charge in [0.2, 0.25) is 0 Å². The first kappa shape index (κ1) is 12.4. The summed E-state index contributed by atoms with van der Waals surface area (Å²) in [5, 5.41) is 11.4. The van der Waals surface area contributed by atoms with E-state index in [1.54, 1.807) is 0 Å². The van der Waals surface area contributed by atoms with E-state index in [0.29, 0.717) is 12.8 Å². The molecular weight excluding hydrogens is 234 g/mol. The van der Waals surface area contributed by atoms with Gasteiger partial charge < -0.3 is 15.2 Å². The Bertz CT molecular complexity index is 432. The number of carboxylic acid groups (broad SMARTS) is 1. The predicted molar refractivity (Wildman–Crippen MR) is 63.9 cm³/mol. The van der Waals surface area contributed by atoms with Crippen molar-refractivity contribution >= 4 is 12.1 Å². The molecular formula is C13H15NO4. The average molecular weight is 249 g/mol. The summed E-state index contributed by atoms with van der Waals surface area (Å²) in [7, 11) is 0. The molecule has 1 aromatic carbocycles. The van der Waals surface area contributed by atoms with Gasteiger partial charge in [-0.15, -0.1) is 0 Å². The molecule has 18 heavy (non-hydrogen) atoms. The Kier molecular flexibility index (Phi) is 3.82. The molecule has 96 valence electrons. The van der Waals surface area contributed by atoms with Gasteiger partial charge in [-0.1, -0.05) is 30.3 Å². The molecule has 5 nitrogen and oxygen atoms in total. The van der Waals surface area contributed by atoms with Crippen LogP contribution in [0.15, 0.2) is 30.3 Å². The van der Waals surface area contributed by atoms with Crippen LogP contribution in [0.3, 0.4) is 0 Å². The molecule has 0 aliphatic heterocycles. The van der Waals surface area contributed by atoms with Gasteiger partial charge >= 0.3 is 12.1 Å². The lowest BCUT2D eigenvalue weighted by atomic mass is 9.80. The highest BCUT2D eigenvalue weighted by Crippen LogP contribution is 2.27. The van der Waals surface area contributed by atoms with E-state index < -0.39 is 18.0 Å². The summed E-state index contributed by atoms with van der Waals surface area (Å²) in [6, 6.07) is 9.03. The van der Waals surface area contributed by atoms with Crippen molar-refractivity contribution in [2.45, 2.75) is 25.5 Å². The van der Waals surface area contributed by atoms with Gasteiger partial charge in [-0.2, -0.15) is 0 Å². The molecule has 2 atom stereocenters. The standard InChI is InChI=1S/C13H15NO4/c15-12(16)10-6-7-11(10)14-13(17)18-8-9-4-2-1-3-5-9/h1-5,10-11H,6-8H2,(H,14,17)(H,15,16)/t10-,11-/m0/s1. The Labute approximate surface area is 105 Å². The quantitative estimate of drug-likeness (QED) is 0.852. The molecule has 2 N–H and O–H groups in total. The highest BCUT2D eigenvalue weighted by molar-refractivity contribution is 5.74. The third kappa shape index (κ3) is 3.00. The third-order valence-corrected chi connectivity index (χ3v) is 3.11. The van der Waals surface area contributed by atoms with Crippen LogP contribution in [0.2, 0.25) is 0 Å². The number of carbonyl (C=O) groups is 2. The normalized spacial score (nSPS) is 21.8. The van der Waals surface area contributed by atoms with Crippen molar-refractivity contribution in [1.82, 2.24) is 5.32 Å². The number of carboxylic acids is 1. The fourth-order valence-corrected chi connectivity index (χ4v) is 1.88. The van der Waals surface area contributed by atoms with Crippen LogP contribution in [-0.4, -0.2) is 23.2 Å². The van der Waals surface area contributed by atoms with Gasteiger partial charge in [-0.25, -0.2) is 4.79 Å². The minimum absolute atomic E-state index is 0.192. The third-order valence-electron chi connectivity index (χ3n) is 3.11. The molecule has 0 heterocycles. The maximum Gasteiger partial charge on any atom is 0.407 e. The molecule has 0 unspecified atom stereocenters. The molecule has 1 saturated carbocycles. The van der Waals surface area contributed by atoms with E-state index >= 15 is 0 Å². The fraction of sp³-hybridized carbons (Fsp3) is 0.385. The van der Waals surface area contributed by atoms with Crippen molar-refractivity contribution < 1.29 is 19.4 Å². The van der Waals surface area contributed by atoms with E-state index in [9.17, 15) is 9.59 Å². The Balaban J connectivity index is 1.74. The Hall–Kier alpha value is -2.04. The first-order valence-corrected chi connectivity index (χ1v) is 5.87. The van der Waals surface area contributed by atoms with Crippen LogP contribution in [0.25, 0.3) is 0 Å². The fourth-order valence-electron chi connectivity index (χ4n) is 1.88. The molecule has 1 amide bonds. The van der Waals surface area contributed by atoms with Crippen molar-refractivity contribution in [2.24, 2.45) is 5.92 Å². The van der Waals surface area contributed by atoms with Crippen LogP contribution < -0.4 is 5.32 Å². The zero-order valence-electron chi connectivity index (χ0n) is 9.83. The van der Waals surface area contributed by atoms with Crippen LogP contribution >= 0.6 is 0 Å². The van der Waals surface area contributed by atoms with Gasteiger partial charge in [-0.05, 0) is 18.4 Å². The van der Waals surface area contributed by atoms with Gasteiger partial charge in [0.05, 0.1) is 5.92 Å². The van der Waals surface area contributed by atoms with E-state index in [2.05, 4.69) is 5.32 Å². The highest BCUT2D eigenvalue weighted by atomic mass is 16.5. The number of amides is 1. The van der Waals surface area contributed by atoms with E-state index in [-0.39, 0.29) is 12.6 Å². The minimum atomic E-state index is -0.866. The van der Waals surface area contributed by atoms with E-state index in [4.69, 9.17) is 9.84 Å². The first-order valence-electron chi connectivity index (χ1n) is 5.87. The summed E-state index contributed by atoms with van der Waals surface area (Å²) in [6.07, 6.45) is 0.742. The summed E-state index contributed by atoms with van der Waals surface area (Å²) < 4.78 is 5.02. The van der Waals surface area contributed by atoms with Crippen LogP contribution in [0, 0.1) is 5.92 Å². The van der Waals surface area contributed by atoms with Gasteiger partial charge in [0, 0.05) is 6.04 Å². The van der Waals surface area contributed by atoms with Crippen LogP contribution in [0.1, 0.15) is 18.4 Å². The zero-order valence-corrected chi connectivity index (χ0v) is 9.83. The second kappa shape index (κ2) is 5.53. The number of ether oxygens (including phenoxy) is 1. The summed E-state index contributed by atoms with van der Waals surface area (Å²) in [5.74, 6) is -1.34. The van der Waals surface area contributed by atoms with Crippen molar-refractivity contribution in [2.75, 3.05) is 0 Å². The number of hydrogen-bond donors (Lipinski definition) is 2. The van der Waals surface area contributed by atoms with Crippen LogP contribution in [0.4, 0.5) is 4.79 Å². The SMILES string of the molecule is O=C(N[C@H]1CC[C@@H]1C(=O)O)OCc1ccccc1. The smallest absolute Gasteiger partial charge is 0.407 e. The van der Waals surface area contributed by atoms with E-state index in [1.807, 2.05) is 30.3 Å². The second-order valence-corrected chi connectivity index (χ2v) is 4.33. The molecule has 1 aliphatic carbocycles. The monoisotopic (exact) mass is 249 g/mol. The topological polar surface area (TPSA) is 75.6 Å². The lowest BCUT2D eigenvalue weighted by molar-refractivity contribution is -0.145. The zero-order chi connectivity index (χ0) is 13.0. The molecule has 0 spiro atoms. The Morgan fingerprint density at radius 3 is 2.56 bits per heavy atom. The Morgan fingerprint density at radius 2 is 2.00 bits per heavy atom. The molecule has 0 aromatic heterocycles. The number of nitrogens with one attached hydrogen (secondary N) is 1. The molecule has 0 bridgehead atoms. The van der Waals surface area contributed by atoms with Gasteiger partial charge in [0.1, 0.15) is 6.61 Å². The van der Waals surface area contributed by atoms with Crippen LogP contribution in [-0.2, 0) is 16.1 Å². The minimum Gasteiger partial charge on any atom is -0.481 e. The summed E-state index contributed by atoms with van der Waals surface area (Å²) in [4.78, 5) is 22.2. The maximum absolute atomic E-state index is 11.5. The number of alkyl carbamates (subject to hydrolysis) is 1. The molecule has 1 fully saturated rings. The van der Waals surface area contributed by atoms with E-state index in [0.717, 1.165) is 5.56 Å². The summed E-state index contributed by atoms with van der Waals surface area (Å²) in [5.41, 5.74) is 0.899. The van der Waals surface area contributed by atoms with Crippen molar-refractivity contribution in [1.29, 1.82) is 0 Å². The highest BCUT2D eigenvalue weighted by Gasteiger charge is 2.37. The predicted octanol–water partition coefficient (Wildman–Crippen LogP) is 1.78. The van der Waals surface area contributed by atoms with Crippen molar-refractivity contribution in [3.05, 3.63) is 35.9 Å². The molecule has 1 aliphatic rings. The van der Waals surface area contributed by atoms with E-state index in [1.165, 1.54) is 0 Å².